The highest BCUT2D eigenvalue weighted by atomic mass is 32.2. The lowest BCUT2D eigenvalue weighted by Crippen LogP contribution is -2.46. The molecule has 2 amide bonds. The Balaban J connectivity index is 1.55. The van der Waals surface area contributed by atoms with E-state index in [-0.39, 0.29) is 23.1 Å². The number of carboxylic acid groups (broad SMARTS) is 1. The summed E-state index contributed by atoms with van der Waals surface area (Å²) in [7, 11) is 0. The largest absolute Gasteiger partial charge is 0.481 e. The van der Waals surface area contributed by atoms with Crippen LogP contribution < -0.4 is 10.6 Å². The standard InChI is InChI=1S/C28H29F3N2O3S/c29-28(30,31)37-23-15-13-22(14-16-23)32-26(36)33-24(27(25(34)35)17-5-2-6-18-27)21-11-9-20(10-12-21)19-7-3-1-4-8-19/h2,5-6,9-17,19,24H,1,3-4,7-8,18H2,(H,34,35)(H2,32,33,36). The van der Waals surface area contributed by atoms with Crippen molar-refractivity contribution in [2.45, 2.75) is 60.9 Å². The van der Waals surface area contributed by atoms with Crippen LogP contribution in [0.1, 0.15) is 61.6 Å². The van der Waals surface area contributed by atoms with Crippen molar-refractivity contribution in [3.63, 3.8) is 0 Å². The predicted octanol–water partition coefficient (Wildman–Crippen LogP) is 7.80. The van der Waals surface area contributed by atoms with Crippen LogP contribution in [0.4, 0.5) is 23.7 Å². The normalized spacial score (nSPS) is 20.8. The van der Waals surface area contributed by atoms with Crippen LogP contribution in [0.5, 0.6) is 0 Å². The number of carboxylic acids is 1. The van der Waals surface area contributed by atoms with Crippen molar-refractivity contribution in [1.29, 1.82) is 0 Å². The summed E-state index contributed by atoms with van der Waals surface area (Å²) in [4.78, 5) is 25.5. The van der Waals surface area contributed by atoms with E-state index in [4.69, 9.17) is 0 Å². The number of hydrogen-bond acceptors (Lipinski definition) is 3. The van der Waals surface area contributed by atoms with Crippen LogP contribution in [0.3, 0.4) is 0 Å². The van der Waals surface area contributed by atoms with Crippen LogP contribution in [0, 0.1) is 5.41 Å². The first kappa shape index (κ1) is 26.9. The summed E-state index contributed by atoms with van der Waals surface area (Å²) in [5, 5.41) is 15.7. The van der Waals surface area contributed by atoms with Gasteiger partial charge in [0.05, 0.1) is 6.04 Å². The summed E-state index contributed by atoms with van der Waals surface area (Å²) in [5.74, 6) is -0.579. The van der Waals surface area contributed by atoms with E-state index in [9.17, 15) is 27.9 Å². The molecule has 4 rings (SSSR count). The number of allylic oxidation sites excluding steroid dienone is 3. The lowest BCUT2D eigenvalue weighted by atomic mass is 9.72. The second-order valence-corrected chi connectivity index (χ2v) is 10.6. The predicted molar refractivity (Wildman–Crippen MR) is 138 cm³/mol. The van der Waals surface area contributed by atoms with Gasteiger partial charge in [0.25, 0.3) is 0 Å². The Kier molecular flexibility index (Phi) is 8.32. The van der Waals surface area contributed by atoms with Gasteiger partial charge in [0.15, 0.2) is 0 Å². The van der Waals surface area contributed by atoms with Crippen molar-refractivity contribution in [2.75, 3.05) is 5.32 Å². The Morgan fingerprint density at radius 1 is 0.973 bits per heavy atom. The van der Waals surface area contributed by atoms with Crippen LogP contribution in [0.2, 0.25) is 0 Å². The molecule has 2 aromatic rings. The molecule has 2 unspecified atom stereocenters. The van der Waals surface area contributed by atoms with E-state index in [2.05, 4.69) is 10.6 Å². The first-order valence-corrected chi connectivity index (χ1v) is 13.1. The second kappa shape index (κ2) is 11.5. The fraction of sp³-hybridized carbons (Fsp3) is 0.357. The van der Waals surface area contributed by atoms with Crippen LogP contribution in [0.15, 0.2) is 77.7 Å². The first-order chi connectivity index (χ1) is 17.7. The monoisotopic (exact) mass is 530 g/mol. The molecule has 0 heterocycles. The second-order valence-electron chi connectivity index (χ2n) is 9.44. The molecule has 3 N–H and O–H groups in total. The molecule has 2 aliphatic carbocycles. The minimum atomic E-state index is -4.40. The Morgan fingerprint density at radius 3 is 2.22 bits per heavy atom. The van der Waals surface area contributed by atoms with Gasteiger partial charge in [0.1, 0.15) is 5.41 Å². The van der Waals surface area contributed by atoms with E-state index >= 15 is 0 Å². The molecule has 2 atom stereocenters. The Morgan fingerprint density at radius 2 is 1.65 bits per heavy atom. The molecular weight excluding hydrogens is 501 g/mol. The van der Waals surface area contributed by atoms with Crippen LogP contribution >= 0.6 is 11.8 Å². The van der Waals surface area contributed by atoms with E-state index in [1.54, 1.807) is 24.3 Å². The zero-order valence-electron chi connectivity index (χ0n) is 20.1. The number of rotatable bonds is 7. The average molecular weight is 531 g/mol. The molecule has 37 heavy (non-hydrogen) atoms. The number of anilines is 1. The lowest BCUT2D eigenvalue weighted by molar-refractivity contribution is -0.147. The molecule has 0 aromatic heterocycles. The average Bonchev–Trinajstić information content (AvgIpc) is 2.88. The van der Waals surface area contributed by atoms with E-state index in [1.807, 2.05) is 24.3 Å². The van der Waals surface area contributed by atoms with E-state index in [0.717, 1.165) is 12.8 Å². The van der Waals surface area contributed by atoms with Gasteiger partial charge < -0.3 is 15.7 Å². The number of carbonyl (C=O) groups is 2. The lowest BCUT2D eigenvalue weighted by Gasteiger charge is -2.36. The fourth-order valence-electron chi connectivity index (χ4n) is 5.08. The quantitative estimate of drug-likeness (QED) is 0.319. The van der Waals surface area contributed by atoms with E-state index in [0.29, 0.717) is 17.2 Å². The molecule has 5 nitrogen and oxygen atoms in total. The number of halogens is 3. The minimum Gasteiger partial charge on any atom is -0.481 e. The SMILES string of the molecule is O=C(Nc1ccc(SC(F)(F)F)cc1)NC(c1ccc(C2CCCCC2)cc1)C1(C(=O)O)C=CC=CC1. The van der Waals surface area contributed by atoms with Crippen LogP contribution in [-0.2, 0) is 4.79 Å². The smallest absolute Gasteiger partial charge is 0.446 e. The molecule has 9 heteroatoms. The summed E-state index contributed by atoms with van der Waals surface area (Å²) in [6.07, 6.45) is 12.9. The van der Waals surface area contributed by atoms with Gasteiger partial charge in [-0.15, -0.1) is 0 Å². The Labute approximate surface area is 218 Å². The molecule has 2 aromatic carbocycles. The van der Waals surface area contributed by atoms with Crippen LogP contribution in [0.25, 0.3) is 0 Å². The third kappa shape index (κ3) is 6.77. The van der Waals surface area contributed by atoms with Gasteiger partial charge in [-0.3, -0.25) is 4.79 Å². The summed E-state index contributed by atoms with van der Waals surface area (Å²) in [6, 6.07) is 11.6. The summed E-state index contributed by atoms with van der Waals surface area (Å²) in [6.45, 7) is 0. The Bertz CT molecular complexity index is 1160. The van der Waals surface area contributed by atoms with Gasteiger partial charge in [-0.25, -0.2) is 4.79 Å². The van der Waals surface area contributed by atoms with Gasteiger partial charge in [-0.1, -0.05) is 67.8 Å². The number of alkyl halides is 3. The molecule has 0 radical (unpaired) electrons. The maximum Gasteiger partial charge on any atom is 0.446 e. The van der Waals surface area contributed by atoms with Gasteiger partial charge >= 0.3 is 17.5 Å². The number of carbonyl (C=O) groups excluding carboxylic acids is 1. The van der Waals surface area contributed by atoms with E-state index < -0.39 is 29.0 Å². The maximum atomic E-state index is 13.0. The van der Waals surface area contributed by atoms with E-state index in [1.165, 1.54) is 49.1 Å². The molecule has 0 bridgehead atoms. The minimum absolute atomic E-state index is 0.00153. The summed E-state index contributed by atoms with van der Waals surface area (Å²) < 4.78 is 37.8. The maximum absolute atomic E-state index is 13.0. The molecule has 0 spiro atoms. The molecule has 1 saturated carbocycles. The molecule has 2 aliphatic rings. The van der Waals surface area contributed by atoms with Gasteiger partial charge in [-0.05, 0) is 72.3 Å². The van der Waals surface area contributed by atoms with Crippen molar-refractivity contribution in [3.8, 4) is 0 Å². The van der Waals surface area contributed by atoms with Crippen molar-refractivity contribution >= 4 is 29.4 Å². The highest BCUT2D eigenvalue weighted by Crippen LogP contribution is 2.42. The summed E-state index contributed by atoms with van der Waals surface area (Å²) >= 11 is -0.239. The first-order valence-electron chi connectivity index (χ1n) is 12.3. The number of hydrogen-bond donors (Lipinski definition) is 3. The van der Waals surface area contributed by atoms with Gasteiger partial charge in [0.2, 0.25) is 0 Å². The van der Waals surface area contributed by atoms with Crippen molar-refractivity contribution in [3.05, 3.63) is 84.0 Å². The molecule has 1 fully saturated rings. The number of aliphatic carboxylic acids is 1. The van der Waals surface area contributed by atoms with Crippen LogP contribution in [-0.4, -0.2) is 22.6 Å². The van der Waals surface area contributed by atoms with Gasteiger partial charge in [0, 0.05) is 10.6 Å². The summed E-state index contributed by atoms with van der Waals surface area (Å²) in [5.41, 5.74) is -3.63. The third-order valence-electron chi connectivity index (χ3n) is 6.98. The number of amides is 2. The number of urea groups is 1. The zero-order chi connectivity index (χ0) is 26.5. The Hall–Kier alpha value is -3.20. The van der Waals surface area contributed by atoms with Crippen molar-refractivity contribution in [1.82, 2.24) is 5.32 Å². The fourth-order valence-corrected chi connectivity index (χ4v) is 5.62. The van der Waals surface area contributed by atoms with Crippen molar-refractivity contribution in [2.24, 2.45) is 5.41 Å². The van der Waals surface area contributed by atoms with Crippen molar-refractivity contribution < 1.29 is 27.9 Å². The van der Waals surface area contributed by atoms with Gasteiger partial charge in [-0.2, -0.15) is 13.2 Å². The third-order valence-corrected chi connectivity index (χ3v) is 7.72. The molecule has 196 valence electrons. The topological polar surface area (TPSA) is 78.4 Å². The molecule has 0 aliphatic heterocycles. The highest BCUT2D eigenvalue weighted by Gasteiger charge is 2.45. The molecular formula is C28H29F3N2O3S. The number of nitrogens with one attached hydrogen (secondary N) is 2. The molecule has 0 saturated heterocycles. The number of thioether (sulfide) groups is 1. The zero-order valence-corrected chi connectivity index (χ0v) is 20.9. The number of benzene rings is 2. The highest BCUT2D eigenvalue weighted by molar-refractivity contribution is 8.00.